The molecule has 0 saturated carbocycles. The zero-order valence-electron chi connectivity index (χ0n) is 11.6. The van der Waals surface area contributed by atoms with E-state index in [1.54, 1.807) is 19.0 Å². The van der Waals surface area contributed by atoms with Crippen LogP contribution in [0.1, 0.15) is 5.56 Å². The minimum absolute atomic E-state index is 0.125. The Bertz CT molecular complexity index is 644. The van der Waals surface area contributed by atoms with E-state index in [2.05, 4.69) is 15.3 Å². The molecule has 0 aliphatic rings. The highest BCUT2D eigenvalue weighted by Crippen LogP contribution is 2.12. The second-order valence-electron chi connectivity index (χ2n) is 4.63. The molecule has 0 saturated heterocycles. The van der Waals surface area contributed by atoms with Crippen LogP contribution < -0.4 is 10.2 Å². The van der Waals surface area contributed by atoms with Gasteiger partial charge < -0.3 is 10.2 Å². The van der Waals surface area contributed by atoms with Crippen LogP contribution in [-0.4, -0.2) is 30.0 Å². The zero-order chi connectivity index (χ0) is 15.4. The maximum atomic E-state index is 13.4. The van der Waals surface area contributed by atoms with Crippen LogP contribution in [0.4, 0.5) is 20.4 Å². The first-order chi connectivity index (χ1) is 9.95. The molecule has 2 rings (SSSR count). The SMILES string of the molecule is CN(C)c1ncc(NC(=O)Cc2ccc(F)cc2F)cn1. The quantitative estimate of drug-likeness (QED) is 0.936. The number of anilines is 2. The fourth-order valence-corrected chi connectivity index (χ4v) is 1.66. The van der Waals surface area contributed by atoms with Gasteiger partial charge in [-0.25, -0.2) is 18.7 Å². The lowest BCUT2D eigenvalue weighted by Crippen LogP contribution is -2.17. The lowest BCUT2D eigenvalue weighted by atomic mass is 10.1. The number of hydrogen-bond acceptors (Lipinski definition) is 4. The maximum Gasteiger partial charge on any atom is 0.228 e. The normalized spacial score (nSPS) is 10.3. The predicted octanol–water partition coefficient (Wildman–Crippen LogP) is 2.00. The number of aromatic nitrogens is 2. The summed E-state index contributed by atoms with van der Waals surface area (Å²) in [6.07, 6.45) is 2.73. The van der Waals surface area contributed by atoms with Crippen LogP contribution in [0, 0.1) is 11.6 Å². The highest BCUT2D eigenvalue weighted by molar-refractivity contribution is 5.92. The van der Waals surface area contributed by atoms with Crippen molar-refractivity contribution in [3.63, 3.8) is 0 Å². The minimum atomic E-state index is -0.746. The highest BCUT2D eigenvalue weighted by atomic mass is 19.1. The molecule has 0 aliphatic carbocycles. The van der Waals surface area contributed by atoms with Crippen molar-refractivity contribution in [2.75, 3.05) is 24.3 Å². The van der Waals surface area contributed by atoms with Crippen molar-refractivity contribution >= 4 is 17.5 Å². The standard InChI is InChI=1S/C14H14F2N4O/c1-20(2)14-17-7-11(8-18-14)19-13(21)5-9-3-4-10(15)6-12(9)16/h3-4,6-8H,5H2,1-2H3,(H,19,21). The molecule has 0 fully saturated rings. The van der Waals surface area contributed by atoms with Crippen molar-refractivity contribution in [1.29, 1.82) is 0 Å². The van der Waals surface area contributed by atoms with E-state index < -0.39 is 17.5 Å². The van der Waals surface area contributed by atoms with Crippen LogP contribution >= 0.6 is 0 Å². The van der Waals surface area contributed by atoms with Gasteiger partial charge in [0.05, 0.1) is 24.5 Å². The third-order valence-electron chi connectivity index (χ3n) is 2.69. The van der Waals surface area contributed by atoms with Crippen LogP contribution in [-0.2, 0) is 11.2 Å². The number of amides is 1. The number of hydrogen-bond donors (Lipinski definition) is 1. The molecule has 0 aliphatic heterocycles. The summed E-state index contributed by atoms with van der Waals surface area (Å²) in [5, 5.41) is 2.56. The Kier molecular flexibility index (Phi) is 4.42. The Hall–Kier alpha value is -2.57. The van der Waals surface area contributed by atoms with Crippen molar-refractivity contribution in [2.24, 2.45) is 0 Å². The van der Waals surface area contributed by atoms with Gasteiger partial charge in [-0.05, 0) is 11.6 Å². The lowest BCUT2D eigenvalue weighted by Gasteiger charge is -2.10. The van der Waals surface area contributed by atoms with E-state index in [-0.39, 0.29) is 12.0 Å². The zero-order valence-corrected chi connectivity index (χ0v) is 11.6. The molecule has 0 spiro atoms. The number of halogens is 2. The molecule has 1 aromatic heterocycles. The smallest absolute Gasteiger partial charge is 0.228 e. The Morgan fingerprint density at radius 1 is 1.24 bits per heavy atom. The van der Waals surface area contributed by atoms with Crippen molar-refractivity contribution < 1.29 is 13.6 Å². The molecular formula is C14H14F2N4O. The Labute approximate surface area is 120 Å². The van der Waals surface area contributed by atoms with Gasteiger partial charge in [0.25, 0.3) is 0 Å². The predicted molar refractivity (Wildman–Crippen MR) is 75.1 cm³/mol. The molecule has 0 unspecified atom stereocenters. The van der Waals surface area contributed by atoms with Gasteiger partial charge in [0.15, 0.2) is 0 Å². The van der Waals surface area contributed by atoms with Crippen molar-refractivity contribution in [1.82, 2.24) is 9.97 Å². The molecule has 0 radical (unpaired) electrons. The Balaban J connectivity index is 2.01. The molecule has 7 heteroatoms. The Morgan fingerprint density at radius 3 is 2.48 bits per heavy atom. The molecule has 1 amide bonds. The molecule has 0 bridgehead atoms. The van der Waals surface area contributed by atoms with Crippen molar-refractivity contribution in [3.05, 3.63) is 47.8 Å². The van der Waals surface area contributed by atoms with E-state index in [0.717, 1.165) is 12.1 Å². The average Bonchev–Trinajstić information content (AvgIpc) is 2.42. The fraction of sp³-hybridized carbons (Fsp3) is 0.214. The topological polar surface area (TPSA) is 58.1 Å². The van der Waals surface area contributed by atoms with E-state index in [0.29, 0.717) is 11.6 Å². The summed E-state index contributed by atoms with van der Waals surface area (Å²) < 4.78 is 26.2. The Morgan fingerprint density at radius 2 is 1.90 bits per heavy atom. The molecule has 110 valence electrons. The number of carbonyl (C=O) groups is 1. The van der Waals surface area contributed by atoms with Crippen LogP contribution in [0.2, 0.25) is 0 Å². The number of nitrogens with one attached hydrogen (secondary N) is 1. The number of nitrogens with zero attached hydrogens (tertiary/aromatic N) is 3. The van der Waals surface area contributed by atoms with Gasteiger partial charge in [-0.15, -0.1) is 0 Å². The van der Waals surface area contributed by atoms with Gasteiger partial charge in [-0.2, -0.15) is 0 Å². The summed E-state index contributed by atoms with van der Waals surface area (Å²) in [7, 11) is 3.59. The highest BCUT2D eigenvalue weighted by Gasteiger charge is 2.10. The minimum Gasteiger partial charge on any atom is -0.347 e. The lowest BCUT2D eigenvalue weighted by molar-refractivity contribution is -0.115. The third-order valence-corrected chi connectivity index (χ3v) is 2.69. The summed E-state index contributed by atoms with van der Waals surface area (Å²) in [6.45, 7) is 0. The number of carbonyl (C=O) groups excluding carboxylic acids is 1. The van der Waals surface area contributed by atoms with Gasteiger partial charge in [0.2, 0.25) is 11.9 Å². The van der Waals surface area contributed by atoms with E-state index >= 15 is 0 Å². The van der Waals surface area contributed by atoms with Gasteiger partial charge in [-0.1, -0.05) is 6.07 Å². The third kappa shape index (κ3) is 3.95. The van der Waals surface area contributed by atoms with Gasteiger partial charge in [0, 0.05) is 20.2 Å². The monoisotopic (exact) mass is 292 g/mol. The number of benzene rings is 1. The van der Waals surface area contributed by atoms with Crippen LogP contribution in [0.3, 0.4) is 0 Å². The van der Waals surface area contributed by atoms with Gasteiger partial charge in [0.1, 0.15) is 11.6 Å². The molecular weight excluding hydrogens is 278 g/mol. The molecule has 1 heterocycles. The fourth-order valence-electron chi connectivity index (χ4n) is 1.66. The second kappa shape index (κ2) is 6.25. The van der Waals surface area contributed by atoms with E-state index in [1.807, 2.05) is 0 Å². The number of rotatable bonds is 4. The molecule has 21 heavy (non-hydrogen) atoms. The largest absolute Gasteiger partial charge is 0.347 e. The van der Waals surface area contributed by atoms with Crippen LogP contribution in [0.25, 0.3) is 0 Å². The summed E-state index contributed by atoms with van der Waals surface area (Å²) >= 11 is 0. The van der Waals surface area contributed by atoms with E-state index in [9.17, 15) is 13.6 Å². The van der Waals surface area contributed by atoms with Gasteiger partial charge in [-0.3, -0.25) is 4.79 Å². The maximum absolute atomic E-state index is 13.4. The molecule has 1 N–H and O–H groups in total. The second-order valence-corrected chi connectivity index (χ2v) is 4.63. The summed E-state index contributed by atoms with van der Waals surface area (Å²) in [5.74, 6) is -1.34. The summed E-state index contributed by atoms with van der Waals surface area (Å²) in [5.41, 5.74) is 0.535. The summed E-state index contributed by atoms with van der Waals surface area (Å²) in [6, 6.07) is 3.11. The first-order valence-corrected chi connectivity index (χ1v) is 6.19. The van der Waals surface area contributed by atoms with Crippen molar-refractivity contribution in [3.8, 4) is 0 Å². The first kappa shape index (κ1) is 14.8. The summed E-state index contributed by atoms with van der Waals surface area (Å²) in [4.78, 5) is 21.6. The van der Waals surface area contributed by atoms with Crippen LogP contribution in [0.15, 0.2) is 30.6 Å². The molecule has 0 atom stereocenters. The molecule has 2 aromatic rings. The van der Waals surface area contributed by atoms with E-state index in [4.69, 9.17) is 0 Å². The molecule has 1 aromatic carbocycles. The van der Waals surface area contributed by atoms with Crippen LogP contribution in [0.5, 0.6) is 0 Å². The average molecular weight is 292 g/mol. The van der Waals surface area contributed by atoms with E-state index in [1.165, 1.54) is 18.5 Å². The molecule has 5 nitrogen and oxygen atoms in total. The van der Waals surface area contributed by atoms with Gasteiger partial charge >= 0.3 is 0 Å². The first-order valence-electron chi connectivity index (χ1n) is 6.19. The van der Waals surface area contributed by atoms with Crippen molar-refractivity contribution in [2.45, 2.75) is 6.42 Å².